The minimum atomic E-state index is -0.213. The van der Waals surface area contributed by atoms with Gasteiger partial charge in [-0.25, -0.2) is 4.68 Å². The Morgan fingerprint density at radius 1 is 1.19 bits per heavy atom. The average molecular weight is 438 g/mol. The highest BCUT2D eigenvalue weighted by Crippen LogP contribution is 2.25. The second-order valence-electron chi connectivity index (χ2n) is 6.91. The Hall–Kier alpha value is -3.34. The number of amides is 1. The van der Waals surface area contributed by atoms with Gasteiger partial charge in [-0.05, 0) is 31.9 Å². The lowest BCUT2D eigenvalue weighted by molar-refractivity contribution is 0.0962. The molecule has 5 nitrogen and oxygen atoms in total. The summed E-state index contributed by atoms with van der Waals surface area (Å²) in [5.41, 5.74) is 4.21. The van der Waals surface area contributed by atoms with Crippen LogP contribution in [0.15, 0.2) is 73.1 Å². The van der Waals surface area contributed by atoms with E-state index in [2.05, 4.69) is 50.9 Å². The minimum Gasteiger partial charge on any atom is -0.496 e. The van der Waals surface area contributed by atoms with Gasteiger partial charge in [0.2, 0.25) is 0 Å². The number of carbonyl (C=O) groups is 1. The van der Waals surface area contributed by atoms with Gasteiger partial charge in [0.25, 0.3) is 5.91 Å². The molecule has 174 valence electrons. The van der Waals surface area contributed by atoms with Crippen molar-refractivity contribution in [3.8, 4) is 0 Å². The molecule has 32 heavy (non-hydrogen) atoms. The number of nitrogens with zero attached hydrogens (tertiary/aromatic N) is 2. The maximum atomic E-state index is 12.5. The van der Waals surface area contributed by atoms with E-state index >= 15 is 0 Å². The normalized spacial score (nSPS) is 12.5. The standard InChI is InChI=1S/C24H31N3O2.C3H8/c1-9-13-15-21(29-8)20(12-4)17(5)16-27-18(6)22(24(28)25-7)23(26-27)19(11-3)14-10-2;1-3-2/h10-16H,2-4,9H2,1,5-8H3,(H,25,28);3H2,1-2H3/b15-13-,17-16+,19-14+,21-20-;. The Bertz CT molecular complexity index is 925. The van der Waals surface area contributed by atoms with Gasteiger partial charge in [0.1, 0.15) is 11.5 Å². The van der Waals surface area contributed by atoms with E-state index in [-0.39, 0.29) is 5.91 Å². The first-order valence-electron chi connectivity index (χ1n) is 10.8. The quantitative estimate of drug-likeness (QED) is 0.330. The van der Waals surface area contributed by atoms with Gasteiger partial charge in [0.05, 0.1) is 18.4 Å². The summed E-state index contributed by atoms with van der Waals surface area (Å²) >= 11 is 0. The number of rotatable bonds is 10. The third-order valence-corrected chi connectivity index (χ3v) is 4.33. The summed E-state index contributed by atoms with van der Waals surface area (Å²) in [6.45, 7) is 21.6. The smallest absolute Gasteiger partial charge is 0.255 e. The van der Waals surface area contributed by atoms with Crippen LogP contribution in [0.25, 0.3) is 11.8 Å². The number of hydrogen-bond donors (Lipinski definition) is 1. The maximum absolute atomic E-state index is 12.5. The molecule has 5 heteroatoms. The van der Waals surface area contributed by atoms with Crippen LogP contribution in [0.1, 0.15) is 62.3 Å². The molecule has 1 amide bonds. The predicted octanol–water partition coefficient (Wildman–Crippen LogP) is 6.64. The molecule has 0 saturated heterocycles. The number of methoxy groups -OCH3 is 1. The number of ether oxygens (including phenoxy) is 1. The zero-order chi connectivity index (χ0) is 24.7. The van der Waals surface area contributed by atoms with Crippen molar-refractivity contribution >= 4 is 17.7 Å². The highest BCUT2D eigenvalue weighted by Gasteiger charge is 2.21. The fraction of sp³-hybridized carbons (Fsp3) is 0.333. The van der Waals surface area contributed by atoms with Crippen LogP contribution in [0.2, 0.25) is 0 Å². The van der Waals surface area contributed by atoms with Crippen LogP contribution in [0.3, 0.4) is 0 Å². The molecule has 0 saturated carbocycles. The molecule has 1 rings (SSSR count). The highest BCUT2D eigenvalue weighted by molar-refractivity contribution is 6.00. The monoisotopic (exact) mass is 437 g/mol. The summed E-state index contributed by atoms with van der Waals surface area (Å²) in [5, 5.41) is 7.33. The fourth-order valence-electron chi connectivity index (χ4n) is 2.82. The molecule has 0 unspecified atom stereocenters. The van der Waals surface area contributed by atoms with Crippen LogP contribution in [-0.4, -0.2) is 29.8 Å². The Morgan fingerprint density at radius 2 is 1.81 bits per heavy atom. The van der Waals surface area contributed by atoms with Gasteiger partial charge >= 0.3 is 0 Å². The maximum Gasteiger partial charge on any atom is 0.255 e. The van der Waals surface area contributed by atoms with Crippen LogP contribution in [0.4, 0.5) is 0 Å². The van der Waals surface area contributed by atoms with Gasteiger partial charge in [-0.3, -0.25) is 4.79 Å². The van der Waals surface area contributed by atoms with Crippen LogP contribution in [-0.2, 0) is 4.74 Å². The topological polar surface area (TPSA) is 56.2 Å². The number of aromatic nitrogens is 2. The largest absolute Gasteiger partial charge is 0.496 e. The summed E-state index contributed by atoms with van der Waals surface area (Å²) in [6.07, 6.45) is 14.8. The first kappa shape index (κ1) is 28.7. The zero-order valence-corrected chi connectivity index (χ0v) is 20.8. The second kappa shape index (κ2) is 15.5. The van der Waals surface area contributed by atoms with Crippen LogP contribution < -0.4 is 5.32 Å². The predicted molar refractivity (Wildman–Crippen MR) is 138 cm³/mol. The minimum absolute atomic E-state index is 0.213. The molecule has 0 aliphatic heterocycles. The molecule has 0 radical (unpaired) electrons. The first-order chi connectivity index (χ1) is 15.3. The number of carbonyl (C=O) groups excluding carboxylic acids is 1. The lowest BCUT2D eigenvalue weighted by atomic mass is 10.1. The van der Waals surface area contributed by atoms with Crippen molar-refractivity contribution in [3.05, 3.63) is 90.0 Å². The second-order valence-corrected chi connectivity index (χ2v) is 6.91. The molecule has 1 aromatic rings. The van der Waals surface area contributed by atoms with Crippen molar-refractivity contribution in [2.45, 2.75) is 47.5 Å². The van der Waals surface area contributed by atoms with E-state index in [1.807, 2.05) is 32.2 Å². The van der Waals surface area contributed by atoms with Gasteiger partial charge in [-0.15, -0.1) is 0 Å². The van der Waals surface area contributed by atoms with Gasteiger partial charge in [-0.2, -0.15) is 5.10 Å². The molecular formula is C27H39N3O2. The zero-order valence-electron chi connectivity index (χ0n) is 20.8. The number of allylic oxidation sites excluding steroid dienone is 9. The van der Waals surface area contributed by atoms with Gasteiger partial charge in [0, 0.05) is 24.4 Å². The Labute approximate surface area is 194 Å². The van der Waals surface area contributed by atoms with Crippen LogP contribution in [0, 0.1) is 6.92 Å². The molecule has 0 aliphatic rings. The van der Waals surface area contributed by atoms with E-state index in [0.29, 0.717) is 22.7 Å². The number of nitrogens with one attached hydrogen (secondary N) is 1. The van der Waals surface area contributed by atoms with Crippen molar-refractivity contribution in [1.82, 2.24) is 15.1 Å². The molecule has 0 bridgehead atoms. The molecule has 1 N–H and O–H groups in total. The molecule has 0 spiro atoms. The molecule has 0 aromatic carbocycles. The SMILES string of the molecule is C=C/C=C(\C=C)c1nn(/C=C(C)/C(C=C)=C(/C=C\CC)OC)c(C)c1C(=O)NC.CCC. The van der Waals surface area contributed by atoms with Gasteiger partial charge in [-0.1, -0.05) is 77.3 Å². The summed E-state index contributed by atoms with van der Waals surface area (Å²) in [7, 11) is 3.22. The summed E-state index contributed by atoms with van der Waals surface area (Å²) in [4.78, 5) is 12.5. The first-order valence-corrected chi connectivity index (χ1v) is 10.8. The highest BCUT2D eigenvalue weighted by atomic mass is 16.5. The third kappa shape index (κ3) is 7.73. The van der Waals surface area contributed by atoms with Crippen molar-refractivity contribution < 1.29 is 9.53 Å². The molecular weight excluding hydrogens is 398 g/mol. The average Bonchev–Trinajstić information content (AvgIpc) is 3.10. The van der Waals surface area contributed by atoms with Crippen molar-refractivity contribution in [2.24, 2.45) is 0 Å². The van der Waals surface area contributed by atoms with Gasteiger partial charge < -0.3 is 10.1 Å². The van der Waals surface area contributed by atoms with E-state index in [9.17, 15) is 4.79 Å². The Balaban J connectivity index is 0.00000302. The summed E-state index contributed by atoms with van der Waals surface area (Å²) in [5.74, 6) is 0.500. The lowest BCUT2D eigenvalue weighted by Crippen LogP contribution is -2.19. The van der Waals surface area contributed by atoms with Crippen molar-refractivity contribution in [1.29, 1.82) is 0 Å². The van der Waals surface area contributed by atoms with Crippen LogP contribution in [0.5, 0.6) is 0 Å². The van der Waals surface area contributed by atoms with Crippen LogP contribution >= 0.6 is 0 Å². The van der Waals surface area contributed by atoms with E-state index in [1.54, 1.807) is 43.1 Å². The van der Waals surface area contributed by atoms with Crippen molar-refractivity contribution in [3.63, 3.8) is 0 Å². The lowest BCUT2D eigenvalue weighted by Gasteiger charge is -2.09. The van der Waals surface area contributed by atoms with E-state index < -0.39 is 0 Å². The number of hydrogen-bond acceptors (Lipinski definition) is 3. The molecule has 0 atom stereocenters. The van der Waals surface area contributed by atoms with Crippen molar-refractivity contribution in [2.75, 3.05) is 14.2 Å². The molecule has 0 aliphatic carbocycles. The van der Waals surface area contributed by atoms with E-state index in [1.165, 1.54) is 6.42 Å². The molecule has 0 fully saturated rings. The Morgan fingerprint density at radius 3 is 2.25 bits per heavy atom. The Kier molecular flexibility index (Phi) is 13.8. The summed E-state index contributed by atoms with van der Waals surface area (Å²) < 4.78 is 7.21. The summed E-state index contributed by atoms with van der Waals surface area (Å²) in [6, 6.07) is 0. The molecule has 1 aromatic heterocycles. The van der Waals surface area contributed by atoms with E-state index in [0.717, 1.165) is 23.1 Å². The molecule has 1 heterocycles. The third-order valence-electron chi connectivity index (χ3n) is 4.33. The fourth-order valence-corrected chi connectivity index (χ4v) is 2.82. The van der Waals surface area contributed by atoms with E-state index in [4.69, 9.17) is 4.74 Å². The van der Waals surface area contributed by atoms with Gasteiger partial charge in [0.15, 0.2) is 0 Å².